The highest BCUT2D eigenvalue weighted by atomic mass is 16.3. The standard InChI is InChI=1S/C19H20N2O2/c22-19(21-14-6-2-1-3-7-14)13-10-18(23-12-13)16-11-20-17-9-5-4-8-15(16)17/h4-5,8-12,14,20H,1-3,6-7H2,(H,21,22). The summed E-state index contributed by atoms with van der Waals surface area (Å²) in [5.74, 6) is 0.683. The van der Waals surface area contributed by atoms with E-state index in [1.807, 2.05) is 36.5 Å². The van der Waals surface area contributed by atoms with E-state index in [-0.39, 0.29) is 5.91 Å². The maximum Gasteiger partial charge on any atom is 0.254 e. The van der Waals surface area contributed by atoms with Crippen LogP contribution in [0.5, 0.6) is 0 Å². The number of nitrogens with one attached hydrogen (secondary N) is 2. The third kappa shape index (κ3) is 2.77. The number of H-pyrrole nitrogens is 1. The van der Waals surface area contributed by atoms with E-state index in [0.29, 0.717) is 11.6 Å². The smallest absolute Gasteiger partial charge is 0.254 e. The predicted molar refractivity (Wildman–Crippen MR) is 90.3 cm³/mol. The predicted octanol–water partition coefficient (Wildman–Crippen LogP) is 4.49. The molecule has 1 fully saturated rings. The Balaban J connectivity index is 1.55. The van der Waals surface area contributed by atoms with Gasteiger partial charge in [0.1, 0.15) is 12.0 Å². The van der Waals surface area contributed by atoms with Crippen molar-refractivity contribution in [3.05, 3.63) is 48.4 Å². The molecule has 1 aliphatic carbocycles. The second-order valence-electron chi connectivity index (χ2n) is 6.26. The van der Waals surface area contributed by atoms with Crippen molar-refractivity contribution in [3.63, 3.8) is 0 Å². The number of amides is 1. The number of aromatic nitrogens is 1. The molecule has 0 spiro atoms. The van der Waals surface area contributed by atoms with E-state index < -0.39 is 0 Å². The van der Waals surface area contributed by atoms with Gasteiger partial charge in [0.2, 0.25) is 0 Å². The number of benzene rings is 1. The van der Waals surface area contributed by atoms with Gasteiger partial charge in [-0.15, -0.1) is 0 Å². The fourth-order valence-corrected chi connectivity index (χ4v) is 3.39. The van der Waals surface area contributed by atoms with Gasteiger partial charge in [-0.05, 0) is 25.0 Å². The van der Waals surface area contributed by atoms with E-state index in [2.05, 4.69) is 10.3 Å². The van der Waals surface area contributed by atoms with E-state index in [9.17, 15) is 4.79 Å². The molecule has 4 heteroatoms. The van der Waals surface area contributed by atoms with Crippen molar-refractivity contribution in [2.75, 3.05) is 0 Å². The molecule has 0 bridgehead atoms. The normalized spacial score (nSPS) is 15.8. The maximum absolute atomic E-state index is 12.4. The van der Waals surface area contributed by atoms with Crippen LogP contribution in [0.25, 0.3) is 22.2 Å². The Morgan fingerprint density at radius 2 is 2.00 bits per heavy atom. The summed E-state index contributed by atoms with van der Waals surface area (Å²) in [4.78, 5) is 15.6. The number of hydrogen-bond acceptors (Lipinski definition) is 2. The molecule has 1 amide bonds. The summed E-state index contributed by atoms with van der Waals surface area (Å²) in [6.45, 7) is 0. The maximum atomic E-state index is 12.4. The topological polar surface area (TPSA) is 58.0 Å². The number of furan rings is 1. The Morgan fingerprint density at radius 3 is 2.87 bits per heavy atom. The van der Waals surface area contributed by atoms with Crippen LogP contribution < -0.4 is 5.32 Å². The zero-order valence-electron chi connectivity index (χ0n) is 13.0. The lowest BCUT2D eigenvalue weighted by Crippen LogP contribution is -2.35. The van der Waals surface area contributed by atoms with Gasteiger partial charge in [-0.3, -0.25) is 4.79 Å². The molecule has 0 radical (unpaired) electrons. The third-order valence-corrected chi connectivity index (χ3v) is 4.66. The van der Waals surface area contributed by atoms with Crippen LogP contribution in [0.2, 0.25) is 0 Å². The van der Waals surface area contributed by atoms with Crippen LogP contribution in [-0.2, 0) is 0 Å². The molecule has 2 N–H and O–H groups in total. The monoisotopic (exact) mass is 308 g/mol. The first-order valence-electron chi connectivity index (χ1n) is 8.27. The van der Waals surface area contributed by atoms with Gasteiger partial charge < -0.3 is 14.7 Å². The fourth-order valence-electron chi connectivity index (χ4n) is 3.39. The zero-order valence-corrected chi connectivity index (χ0v) is 13.0. The highest BCUT2D eigenvalue weighted by Gasteiger charge is 2.19. The molecule has 23 heavy (non-hydrogen) atoms. The second-order valence-corrected chi connectivity index (χ2v) is 6.26. The molecule has 0 atom stereocenters. The Labute approximate surface area is 134 Å². The van der Waals surface area contributed by atoms with Gasteiger partial charge in [-0.25, -0.2) is 0 Å². The van der Waals surface area contributed by atoms with Crippen molar-refractivity contribution in [3.8, 4) is 11.3 Å². The number of carbonyl (C=O) groups is 1. The van der Waals surface area contributed by atoms with Gasteiger partial charge in [0.15, 0.2) is 0 Å². The number of fused-ring (bicyclic) bond motifs is 1. The van der Waals surface area contributed by atoms with E-state index in [1.165, 1.54) is 19.3 Å². The highest BCUT2D eigenvalue weighted by Crippen LogP contribution is 2.30. The Hall–Kier alpha value is -2.49. The van der Waals surface area contributed by atoms with E-state index in [1.54, 1.807) is 6.26 Å². The average Bonchev–Trinajstić information content (AvgIpc) is 3.22. The molecule has 1 saturated carbocycles. The lowest BCUT2D eigenvalue weighted by Gasteiger charge is -2.22. The molecule has 4 nitrogen and oxygen atoms in total. The van der Waals surface area contributed by atoms with Gasteiger partial charge in [0.05, 0.1) is 5.56 Å². The van der Waals surface area contributed by atoms with Crippen molar-refractivity contribution < 1.29 is 9.21 Å². The van der Waals surface area contributed by atoms with Gasteiger partial charge in [0.25, 0.3) is 5.91 Å². The molecule has 1 aromatic carbocycles. The first-order chi connectivity index (χ1) is 11.3. The third-order valence-electron chi connectivity index (χ3n) is 4.66. The largest absolute Gasteiger partial charge is 0.463 e. The molecular formula is C19H20N2O2. The molecule has 0 saturated heterocycles. The van der Waals surface area contributed by atoms with E-state index >= 15 is 0 Å². The first-order valence-corrected chi connectivity index (χ1v) is 8.27. The van der Waals surface area contributed by atoms with Crippen molar-refractivity contribution in [1.29, 1.82) is 0 Å². The Bertz CT molecular complexity index is 825. The van der Waals surface area contributed by atoms with Crippen LogP contribution >= 0.6 is 0 Å². The SMILES string of the molecule is O=C(NC1CCCCC1)c1coc(-c2c[nH]c3ccccc23)c1. The molecular weight excluding hydrogens is 288 g/mol. The summed E-state index contributed by atoms with van der Waals surface area (Å²) in [5, 5.41) is 4.22. The van der Waals surface area contributed by atoms with E-state index in [0.717, 1.165) is 35.1 Å². The minimum Gasteiger partial charge on any atom is -0.463 e. The second kappa shape index (κ2) is 5.95. The van der Waals surface area contributed by atoms with Crippen LogP contribution in [0, 0.1) is 0 Å². The van der Waals surface area contributed by atoms with Crippen molar-refractivity contribution >= 4 is 16.8 Å². The lowest BCUT2D eigenvalue weighted by molar-refractivity contribution is 0.0927. The molecule has 2 aromatic heterocycles. The van der Waals surface area contributed by atoms with Gasteiger partial charge >= 0.3 is 0 Å². The van der Waals surface area contributed by atoms with Crippen LogP contribution in [-0.4, -0.2) is 16.9 Å². The minimum atomic E-state index is -0.0354. The molecule has 118 valence electrons. The molecule has 4 rings (SSSR count). The number of aromatic amines is 1. The number of rotatable bonds is 3. The number of carbonyl (C=O) groups excluding carboxylic acids is 1. The Kier molecular flexibility index (Phi) is 3.66. The summed E-state index contributed by atoms with van der Waals surface area (Å²) < 4.78 is 5.65. The summed E-state index contributed by atoms with van der Waals surface area (Å²) in [7, 11) is 0. The Morgan fingerprint density at radius 1 is 1.17 bits per heavy atom. The first kappa shape index (κ1) is 14.1. The van der Waals surface area contributed by atoms with Crippen LogP contribution in [0.4, 0.5) is 0 Å². The molecule has 0 unspecified atom stereocenters. The summed E-state index contributed by atoms with van der Waals surface area (Å²) in [5.41, 5.74) is 2.64. The minimum absolute atomic E-state index is 0.0354. The molecule has 2 heterocycles. The van der Waals surface area contributed by atoms with E-state index in [4.69, 9.17) is 4.42 Å². The zero-order chi connectivity index (χ0) is 15.6. The van der Waals surface area contributed by atoms with Gasteiger partial charge in [-0.2, -0.15) is 0 Å². The van der Waals surface area contributed by atoms with Crippen LogP contribution in [0.1, 0.15) is 42.5 Å². The summed E-state index contributed by atoms with van der Waals surface area (Å²) in [6, 6.07) is 10.2. The fraction of sp³-hybridized carbons (Fsp3) is 0.316. The quantitative estimate of drug-likeness (QED) is 0.749. The molecule has 3 aromatic rings. The number of para-hydroxylation sites is 1. The molecule has 0 aliphatic heterocycles. The van der Waals surface area contributed by atoms with Crippen molar-refractivity contribution in [2.24, 2.45) is 0 Å². The van der Waals surface area contributed by atoms with Crippen molar-refractivity contribution in [1.82, 2.24) is 10.3 Å². The van der Waals surface area contributed by atoms with Crippen LogP contribution in [0.15, 0.2) is 47.2 Å². The van der Waals surface area contributed by atoms with Gasteiger partial charge in [0, 0.05) is 28.7 Å². The number of hydrogen-bond donors (Lipinski definition) is 2. The molecule has 1 aliphatic rings. The highest BCUT2D eigenvalue weighted by molar-refractivity contribution is 5.98. The average molecular weight is 308 g/mol. The lowest BCUT2D eigenvalue weighted by atomic mass is 9.95. The van der Waals surface area contributed by atoms with Gasteiger partial charge in [-0.1, -0.05) is 37.5 Å². The summed E-state index contributed by atoms with van der Waals surface area (Å²) >= 11 is 0. The summed E-state index contributed by atoms with van der Waals surface area (Å²) in [6.07, 6.45) is 9.33. The van der Waals surface area contributed by atoms with Crippen LogP contribution in [0.3, 0.4) is 0 Å². The van der Waals surface area contributed by atoms with Crippen molar-refractivity contribution in [2.45, 2.75) is 38.1 Å².